The first-order valence-electron chi connectivity index (χ1n) is 5.35. The molecule has 17 heavy (non-hydrogen) atoms. The lowest BCUT2D eigenvalue weighted by molar-refractivity contribution is 0.529. The summed E-state index contributed by atoms with van der Waals surface area (Å²) in [5.41, 5.74) is 6.51. The van der Waals surface area contributed by atoms with E-state index in [-0.39, 0.29) is 22.1 Å². The summed E-state index contributed by atoms with van der Waals surface area (Å²) in [5.74, 6) is -0.0496. The Morgan fingerprint density at radius 1 is 1.29 bits per heavy atom. The fourth-order valence-electron chi connectivity index (χ4n) is 1.78. The molecule has 0 atom stereocenters. The van der Waals surface area contributed by atoms with E-state index >= 15 is 0 Å². The van der Waals surface area contributed by atoms with Crippen LogP contribution < -0.4 is 5.73 Å². The Kier molecular flexibility index (Phi) is 2.74. The SMILES string of the molecule is CC(C)(C)c1ccc2nc(N)c(Cl)cc2c1F. The Labute approximate surface area is 105 Å². The van der Waals surface area contributed by atoms with Gasteiger partial charge in [0.05, 0.1) is 10.5 Å². The zero-order chi connectivity index (χ0) is 12.8. The molecule has 0 amide bonds. The summed E-state index contributed by atoms with van der Waals surface area (Å²) < 4.78 is 14.3. The number of pyridine rings is 1. The van der Waals surface area contributed by atoms with E-state index in [0.717, 1.165) is 0 Å². The van der Waals surface area contributed by atoms with E-state index in [1.807, 2.05) is 20.8 Å². The highest BCUT2D eigenvalue weighted by Crippen LogP contribution is 2.31. The van der Waals surface area contributed by atoms with Gasteiger partial charge in [0.2, 0.25) is 0 Å². The van der Waals surface area contributed by atoms with Gasteiger partial charge in [0, 0.05) is 5.39 Å². The smallest absolute Gasteiger partial charge is 0.142 e. The number of rotatable bonds is 0. The van der Waals surface area contributed by atoms with E-state index in [9.17, 15) is 4.39 Å². The lowest BCUT2D eigenvalue weighted by Gasteiger charge is -2.20. The van der Waals surface area contributed by atoms with Crippen LogP contribution in [0.25, 0.3) is 10.9 Å². The van der Waals surface area contributed by atoms with Crippen molar-refractivity contribution in [2.45, 2.75) is 26.2 Å². The number of anilines is 1. The van der Waals surface area contributed by atoms with Crippen molar-refractivity contribution in [3.8, 4) is 0 Å². The number of hydrogen-bond acceptors (Lipinski definition) is 2. The van der Waals surface area contributed by atoms with Gasteiger partial charge in [0.1, 0.15) is 11.6 Å². The van der Waals surface area contributed by atoms with Gasteiger partial charge in [-0.2, -0.15) is 0 Å². The van der Waals surface area contributed by atoms with Gasteiger partial charge in [-0.1, -0.05) is 38.4 Å². The maximum Gasteiger partial charge on any atom is 0.142 e. The minimum Gasteiger partial charge on any atom is -0.382 e. The molecule has 4 heteroatoms. The maximum absolute atomic E-state index is 14.3. The van der Waals surface area contributed by atoms with E-state index < -0.39 is 0 Å². The molecule has 1 aromatic heterocycles. The third-order valence-electron chi connectivity index (χ3n) is 2.72. The van der Waals surface area contributed by atoms with E-state index in [4.69, 9.17) is 17.3 Å². The molecule has 90 valence electrons. The summed E-state index contributed by atoms with van der Waals surface area (Å²) in [6, 6.07) is 5.05. The second-order valence-electron chi connectivity index (χ2n) is 5.10. The highest BCUT2D eigenvalue weighted by Gasteiger charge is 2.20. The largest absolute Gasteiger partial charge is 0.382 e. The minimum atomic E-state index is -0.274. The molecular weight excluding hydrogens is 239 g/mol. The minimum absolute atomic E-state index is 0.224. The summed E-state index contributed by atoms with van der Waals surface area (Å²) in [4.78, 5) is 4.07. The zero-order valence-electron chi connectivity index (χ0n) is 10.0. The highest BCUT2D eigenvalue weighted by molar-refractivity contribution is 6.33. The van der Waals surface area contributed by atoms with Crippen molar-refractivity contribution in [2.24, 2.45) is 0 Å². The summed E-state index contributed by atoms with van der Waals surface area (Å²) in [6.45, 7) is 5.89. The Morgan fingerprint density at radius 2 is 1.94 bits per heavy atom. The molecule has 2 aromatic rings. The first-order valence-corrected chi connectivity index (χ1v) is 5.73. The molecule has 0 bridgehead atoms. The second kappa shape index (κ2) is 3.84. The lowest BCUT2D eigenvalue weighted by atomic mass is 9.86. The molecule has 0 unspecified atom stereocenters. The summed E-state index contributed by atoms with van der Waals surface area (Å²) in [7, 11) is 0. The van der Waals surface area contributed by atoms with E-state index in [0.29, 0.717) is 16.5 Å². The normalized spacial score (nSPS) is 12.1. The van der Waals surface area contributed by atoms with Crippen molar-refractivity contribution in [3.05, 3.63) is 34.6 Å². The molecule has 0 saturated carbocycles. The maximum atomic E-state index is 14.3. The highest BCUT2D eigenvalue weighted by atomic mass is 35.5. The lowest BCUT2D eigenvalue weighted by Crippen LogP contribution is -2.13. The average molecular weight is 253 g/mol. The molecule has 1 heterocycles. The number of nitrogens with zero attached hydrogens (tertiary/aromatic N) is 1. The molecular formula is C13H14ClFN2. The van der Waals surface area contributed by atoms with Crippen LogP contribution in [0.1, 0.15) is 26.3 Å². The van der Waals surface area contributed by atoms with E-state index in [2.05, 4.69) is 4.98 Å². The third-order valence-corrected chi connectivity index (χ3v) is 3.02. The molecule has 0 aliphatic heterocycles. The van der Waals surface area contributed by atoms with Crippen LogP contribution in [0.2, 0.25) is 5.02 Å². The molecule has 1 aromatic carbocycles. The number of nitrogen functional groups attached to an aromatic ring is 1. The van der Waals surface area contributed by atoms with Gasteiger partial charge in [-0.25, -0.2) is 9.37 Å². The predicted octanol–water partition coefficient (Wildman–Crippen LogP) is 3.91. The fraction of sp³-hybridized carbons (Fsp3) is 0.308. The van der Waals surface area contributed by atoms with Crippen LogP contribution in [0, 0.1) is 5.82 Å². The van der Waals surface area contributed by atoms with Crippen molar-refractivity contribution >= 4 is 28.3 Å². The van der Waals surface area contributed by atoms with E-state index in [1.165, 1.54) is 6.07 Å². The summed E-state index contributed by atoms with van der Waals surface area (Å²) in [5, 5.41) is 0.694. The zero-order valence-corrected chi connectivity index (χ0v) is 10.8. The molecule has 0 radical (unpaired) electrons. The van der Waals surface area contributed by atoms with Crippen LogP contribution in [-0.2, 0) is 5.41 Å². The first-order chi connectivity index (χ1) is 7.80. The summed E-state index contributed by atoms with van der Waals surface area (Å²) >= 11 is 5.87. The molecule has 0 spiro atoms. The van der Waals surface area contributed by atoms with Gasteiger partial charge in [-0.05, 0) is 23.1 Å². The predicted molar refractivity (Wildman–Crippen MR) is 69.8 cm³/mol. The molecule has 0 aliphatic carbocycles. The van der Waals surface area contributed by atoms with Crippen LogP contribution in [0.15, 0.2) is 18.2 Å². The second-order valence-corrected chi connectivity index (χ2v) is 5.51. The number of nitrogens with two attached hydrogens (primary N) is 1. The fourth-order valence-corrected chi connectivity index (χ4v) is 1.93. The van der Waals surface area contributed by atoms with Crippen molar-refractivity contribution in [3.63, 3.8) is 0 Å². The van der Waals surface area contributed by atoms with Crippen molar-refractivity contribution in [1.82, 2.24) is 4.98 Å². The standard InChI is InChI=1S/C13H14ClFN2/c1-13(2,3)8-4-5-10-7(11(8)15)6-9(14)12(16)17-10/h4-6H,1-3H3,(H2,16,17). The Hall–Kier alpha value is -1.35. The van der Waals surface area contributed by atoms with Gasteiger partial charge < -0.3 is 5.73 Å². The van der Waals surface area contributed by atoms with Crippen LogP contribution in [0.5, 0.6) is 0 Å². The van der Waals surface area contributed by atoms with Crippen LogP contribution in [0.4, 0.5) is 10.2 Å². The van der Waals surface area contributed by atoms with E-state index in [1.54, 1.807) is 12.1 Å². The van der Waals surface area contributed by atoms with Gasteiger partial charge >= 0.3 is 0 Å². The van der Waals surface area contributed by atoms with Crippen LogP contribution in [0.3, 0.4) is 0 Å². The molecule has 0 saturated heterocycles. The number of benzene rings is 1. The van der Waals surface area contributed by atoms with Crippen LogP contribution >= 0.6 is 11.6 Å². The monoisotopic (exact) mass is 252 g/mol. The molecule has 2 N–H and O–H groups in total. The molecule has 0 fully saturated rings. The van der Waals surface area contributed by atoms with Gasteiger partial charge in [-0.3, -0.25) is 0 Å². The average Bonchev–Trinajstić information content (AvgIpc) is 2.19. The van der Waals surface area contributed by atoms with Gasteiger partial charge in [0.15, 0.2) is 0 Å². The Balaban J connectivity index is 2.80. The number of hydrogen-bond donors (Lipinski definition) is 1. The quantitative estimate of drug-likeness (QED) is 0.772. The Bertz CT molecular complexity index is 588. The molecule has 2 nitrogen and oxygen atoms in total. The number of halogens is 2. The molecule has 0 aliphatic rings. The third kappa shape index (κ3) is 2.07. The van der Waals surface area contributed by atoms with Crippen LogP contribution in [-0.4, -0.2) is 4.98 Å². The van der Waals surface area contributed by atoms with Crippen molar-refractivity contribution < 1.29 is 4.39 Å². The van der Waals surface area contributed by atoms with Crippen molar-refractivity contribution in [1.29, 1.82) is 0 Å². The van der Waals surface area contributed by atoms with Gasteiger partial charge in [0.25, 0.3) is 0 Å². The summed E-state index contributed by atoms with van der Waals surface area (Å²) in [6.07, 6.45) is 0. The number of fused-ring (bicyclic) bond motifs is 1. The van der Waals surface area contributed by atoms with Gasteiger partial charge in [-0.15, -0.1) is 0 Å². The first kappa shape index (κ1) is 12.1. The molecule has 2 rings (SSSR count). The topological polar surface area (TPSA) is 38.9 Å². The Morgan fingerprint density at radius 3 is 2.53 bits per heavy atom. The number of aromatic nitrogens is 1. The van der Waals surface area contributed by atoms with Crippen molar-refractivity contribution in [2.75, 3.05) is 5.73 Å².